The van der Waals surface area contributed by atoms with Crippen molar-refractivity contribution in [1.82, 2.24) is 9.55 Å². The van der Waals surface area contributed by atoms with E-state index in [1.807, 2.05) is 0 Å². The minimum atomic E-state index is -0.601. The SMILES string of the molecule is O=C(Nc1ccccc1Cl)c1cc2cccnc2n(Cc2ccccc2F)c1=O. The standard InChI is InChI=1S/C22H15ClFN3O2/c23-17-8-2-4-10-19(17)26-21(28)16-12-14-7-5-11-25-20(14)27(22(16)29)13-15-6-1-3-9-18(15)24/h1-12H,13H2,(H,26,28). The summed E-state index contributed by atoms with van der Waals surface area (Å²) in [7, 11) is 0. The first-order chi connectivity index (χ1) is 14.0. The molecule has 5 nitrogen and oxygen atoms in total. The molecule has 4 rings (SSSR count). The summed E-state index contributed by atoms with van der Waals surface area (Å²) in [6.45, 7) is -0.0494. The van der Waals surface area contributed by atoms with E-state index in [1.54, 1.807) is 60.8 Å². The predicted octanol–water partition coefficient (Wildman–Crippen LogP) is 4.49. The minimum Gasteiger partial charge on any atom is -0.320 e. The molecule has 29 heavy (non-hydrogen) atoms. The molecule has 0 aliphatic rings. The van der Waals surface area contributed by atoms with E-state index in [1.165, 1.54) is 16.7 Å². The van der Waals surface area contributed by atoms with Gasteiger partial charge in [0.2, 0.25) is 0 Å². The van der Waals surface area contributed by atoms with Crippen molar-refractivity contribution in [2.45, 2.75) is 6.54 Å². The fraction of sp³-hybridized carbons (Fsp3) is 0.0455. The maximum atomic E-state index is 14.2. The van der Waals surface area contributed by atoms with E-state index in [0.29, 0.717) is 27.3 Å². The zero-order chi connectivity index (χ0) is 20.4. The molecule has 144 valence electrons. The van der Waals surface area contributed by atoms with E-state index in [-0.39, 0.29) is 12.1 Å². The Hall–Kier alpha value is -3.51. The number of amides is 1. The van der Waals surface area contributed by atoms with Crippen LogP contribution in [0.25, 0.3) is 11.0 Å². The third kappa shape index (κ3) is 3.75. The molecule has 2 aromatic heterocycles. The Kier molecular flexibility index (Phi) is 5.10. The Morgan fingerprint density at radius 3 is 2.62 bits per heavy atom. The van der Waals surface area contributed by atoms with Crippen LogP contribution in [0.1, 0.15) is 15.9 Å². The molecule has 0 radical (unpaired) electrons. The van der Waals surface area contributed by atoms with Gasteiger partial charge in [0.25, 0.3) is 11.5 Å². The van der Waals surface area contributed by atoms with E-state index in [4.69, 9.17) is 11.6 Å². The largest absolute Gasteiger partial charge is 0.320 e. The average molecular weight is 408 g/mol. The highest BCUT2D eigenvalue weighted by Gasteiger charge is 2.18. The van der Waals surface area contributed by atoms with Crippen molar-refractivity contribution in [2.75, 3.05) is 5.32 Å². The maximum Gasteiger partial charge on any atom is 0.265 e. The summed E-state index contributed by atoms with van der Waals surface area (Å²) in [6.07, 6.45) is 1.54. The van der Waals surface area contributed by atoms with Gasteiger partial charge in [0.1, 0.15) is 17.0 Å². The number of aromatic nitrogens is 2. The zero-order valence-electron chi connectivity index (χ0n) is 15.1. The fourth-order valence-electron chi connectivity index (χ4n) is 3.06. The Morgan fingerprint density at radius 2 is 1.83 bits per heavy atom. The van der Waals surface area contributed by atoms with Crippen LogP contribution in [0.4, 0.5) is 10.1 Å². The summed E-state index contributed by atoms with van der Waals surface area (Å²) in [5, 5.41) is 3.60. The molecular formula is C22H15ClFN3O2. The first kappa shape index (κ1) is 18.8. The number of rotatable bonds is 4. The molecule has 0 atom stereocenters. The zero-order valence-corrected chi connectivity index (χ0v) is 15.9. The van der Waals surface area contributed by atoms with Crippen LogP contribution in [0.2, 0.25) is 5.02 Å². The van der Waals surface area contributed by atoms with Crippen molar-refractivity contribution in [1.29, 1.82) is 0 Å². The van der Waals surface area contributed by atoms with Crippen molar-refractivity contribution in [3.8, 4) is 0 Å². The Bertz CT molecular complexity index is 1290. The number of nitrogens with one attached hydrogen (secondary N) is 1. The summed E-state index contributed by atoms with van der Waals surface area (Å²) in [4.78, 5) is 30.2. The van der Waals surface area contributed by atoms with Crippen LogP contribution in [0, 0.1) is 5.82 Å². The van der Waals surface area contributed by atoms with Crippen LogP contribution in [-0.4, -0.2) is 15.5 Å². The van der Waals surface area contributed by atoms with E-state index < -0.39 is 17.3 Å². The summed E-state index contributed by atoms with van der Waals surface area (Å²) < 4.78 is 15.5. The van der Waals surface area contributed by atoms with Crippen molar-refractivity contribution in [3.63, 3.8) is 0 Å². The lowest BCUT2D eigenvalue weighted by Gasteiger charge is -2.13. The monoisotopic (exact) mass is 407 g/mol. The quantitative estimate of drug-likeness (QED) is 0.542. The van der Waals surface area contributed by atoms with Crippen molar-refractivity contribution < 1.29 is 9.18 Å². The highest BCUT2D eigenvalue weighted by Crippen LogP contribution is 2.21. The molecule has 0 aliphatic heterocycles. The van der Waals surface area contributed by atoms with Crippen LogP contribution < -0.4 is 10.9 Å². The fourth-order valence-corrected chi connectivity index (χ4v) is 3.25. The second-order valence-electron chi connectivity index (χ2n) is 6.39. The molecule has 2 heterocycles. The number of anilines is 1. The second kappa shape index (κ2) is 7.85. The number of carbonyl (C=O) groups is 1. The highest BCUT2D eigenvalue weighted by molar-refractivity contribution is 6.33. The molecule has 0 unspecified atom stereocenters. The van der Waals surface area contributed by atoms with Gasteiger partial charge in [-0.3, -0.25) is 14.2 Å². The van der Waals surface area contributed by atoms with Gasteiger partial charge in [0.15, 0.2) is 0 Å². The summed E-state index contributed by atoms with van der Waals surface area (Å²) in [5.74, 6) is -1.04. The van der Waals surface area contributed by atoms with Gasteiger partial charge in [-0.2, -0.15) is 0 Å². The summed E-state index contributed by atoms with van der Waals surface area (Å²) in [5.41, 5.74) is 0.441. The lowest BCUT2D eigenvalue weighted by Crippen LogP contribution is -2.30. The van der Waals surface area contributed by atoms with Crippen LogP contribution >= 0.6 is 11.6 Å². The molecule has 0 spiro atoms. The van der Waals surface area contributed by atoms with Gasteiger partial charge in [-0.25, -0.2) is 9.37 Å². The van der Waals surface area contributed by atoms with E-state index in [2.05, 4.69) is 10.3 Å². The van der Waals surface area contributed by atoms with Crippen LogP contribution in [0.15, 0.2) is 77.7 Å². The first-order valence-electron chi connectivity index (χ1n) is 8.82. The molecule has 0 fully saturated rings. The normalized spacial score (nSPS) is 10.8. The minimum absolute atomic E-state index is 0.0494. The summed E-state index contributed by atoms with van der Waals surface area (Å²) in [6, 6.07) is 17.8. The van der Waals surface area contributed by atoms with Gasteiger partial charge in [0.05, 0.1) is 17.3 Å². The molecule has 0 saturated heterocycles. The number of fused-ring (bicyclic) bond motifs is 1. The summed E-state index contributed by atoms with van der Waals surface area (Å²) >= 11 is 6.10. The second-order valence-corrected chi connectivity index (χ2v) is 6.80. The van der Waals surface area contributed by atoms with Gasteiger partial charge < -0.3 is 5.32 Å². The number of halogens is 2. The molecular weight excluding hydrogens is 393 g/mol. The highest BCUT2D eigenvalue weighted by atomic mass is 35.5. The van der Waals surface area contributed by atoms with Gasteiger partial charge in [0, 0.05) is 17.1 Å². The smallest absolute Gasteiger partial charge is 0.265 e. The molecule has 2 aromatic carbocycles. The van der Waals surface area contributed by atoms with Crippen LogP contribution in [-0.2, 0) is 6.54 Å². The third-order valence-electron chi connectivity index (χ3n) is 4.50. The van der Waals surface area contributed by atoms with E-state index >= 15 is 0 Å². The number of pyridine rings is 2. The topological polar surface area (TPSA) is 64.0 Å². The Morgan fingerprint density at radius 1 is 1.07 bits per heavy atom. The maximum absolute atomic E-state index is 14.2. The molecule has 1 N–H and O–H groups in total. The van der Waals surface area contributed by atoms with Crippen molar-refractivity contribution >= 4 is 34.2 Å². The number of nitrogens with zero attached hydrogens (tertiary/aromatic N) is 2. The predicted molar refractivity (Wildman–Crippen MR) is 111 cm³/mol. The number of para-hydroxylation sites is 1. The first-order valence-corrected chi connectivity index (χ1v) is 9.20. The van der Waals surface area contributed by atoms with Crippen LogP contribution in [0.3, 0.4) is 0 Å². The van der Waals surface area contributed by atoms with Gasteiger partial charge in [-0.15, -0.1) is 0 Å². The average Bonchev–Trinajstić information content (AvgIpc) is 2.73. The van der Waals surface area contributed by atoms with Gasteiger partial charge in [-0.05, 0) is 36.4 Å². The lowest BCUT2D eigenvalue weighted by molar-refractivity contribution is 0.102. The van der Waals surface area contributed by atoms with Crippen molar-refractivity contribution in [3.05, 3.63) is 105 Å². The molecule has 0 bridgehead atoms. The molecule has 1 amide bonds. The van der Waals surface area contributed by atoms with E-state index in [0.717, 1.165) is 0 Å². The van der Waals surface area contributed by atoms with E-state index in [9.17, 15) is 14.0 Å². The number of carbonyl (C=O) groups excluding carboxylic acids is 1. The van der Waals surface area contributed by atoms with Crippen LogP contribution in [0.5, 0.6) is 0 Å². The molecule has 4 aromatic rings. The van der Waals surface area contributed by atoms with Gasteiger partial charge in [-0.1, -0.05) is 41.9 Å². The third-order valence-corrected chi connectivity index (χ3v) is 4.83. The number of benzene rings is 2. The molecule has 7 heteroatoms. The molecule has 0 saturated carbocycles. The lowest BCUT2D eigenvalue weighted by atomic mass is 10.1. The Labute approximate surface area is 170 Å². The van der Waals surface area contributed by atoms with Crippen molar-refractivity contribution in [2.24, 2.45) is 0 Å². The number of hydrogen-bond acceptors (Lipinski definition) is 3. The van der Waals surface area contributed by atoms with Gasteiger partial charge >= 0.3 is 0 Å². The number of hydrogen-bond donors (Lipinski definition) is 1. The molecule has 0 aliphatic carbocycles. The Balaban J connectivity index is 1.82.